The number of hydrogen-bond donors (Lipinski definition) is 0. The quantitative estimate of drug-likeness (QED) is 0.382. The van der Waals surface area contributed by atoms with Crippen LogP contribution in [-0.4, -0.2) is 22.5 Å². The molecule has 0 aliphatic rings. The normalized spacial score (nSPS) is 13.5. The molecule has 0 radical (unpaired) electrons. The van der Waals surface area contributed by atoms with E-state index in [1.54, 1.807) is 27.7 Å². The molecule has 76 valence electrons. The summed E-state index contributed by atoms with van der Waals surface area (Å²) in [6.45, 7) is 6.62. The van der Waals surface area contributed by atoms with Crippen molar-refractivity contribution < 1.29 is 14.5 Å². The fourth-order valence-corrected chi connectivity index (χ4v) is 0.772. The summed E-state index contributed by atoms with van der Waals surface area (Å²) < 4.78 is 4.87. The molecule has 5 nitrogen and oxygen atoms in total. The van der Waals surface area contributed by atoms with Crippen molar-refractivity contribution in [2.75, 3.05) is 0 Å². The van der Waals surface area contributed by atoms with Crippen LogP contribution >= 0.6 is 0 Å². The van der Waals surface area contributed by atoms with Crippen LogP contribution in [0.1, 0.15) is 34.1 Å². The minimum absolute atomic E-state index is 0.155. The predicted octanol–water partition coefficient (Wildman–Crippen LogP) is 1.38. The summed E-state index contributed by atoms with van der Waals surface area (Å²) in [5, 5.41) is 10.4. The largest absolute Gasteiger partial charge is 0.455 e. The third-order valence-corrected chi connectivity index (χ3v) is 1.32. The fraction of sp³-hybridized carbons (Fsp3) is 0.875. The molecule has 0 amide bonds. The zero-order valence-electron chi connectivity index (χ0n) is 8.36. The molecule has 0 bridgehead atoms. The summed E-state index contributed by atoms with van der Waals surface area (Å²) in [6.07, 6.45) is 0.155. The van der Waals surface area contributed by atoms with Crippen molar-refractivity contribution in [2.45, 2.75) is 45.8 Å². The number of carbonyl (C=O) groups is 1. The van der Waals surface area contributed by atoms with Crippen molar-refractivity contribution in [3.8, 4) is 0 Å². The minimum atomic E-state index is -1.24. The van der Waals surface area contributed by atoms with E-state index in [2.05, 4.69) is 0 Å². The van der Waals surface area contributed by atoms with E-state index in [9.17, 15) is 14.9 Å². The van der Waals surface area contributed by atoms with E-state index >= 15 is 0 Å². The maximum absolute atomic E-state index is 11.2. The Balaban J connectivity index is 4.32. The second-order valence-electron chi connectivity index (χ2n) is 3.74. The standard InChI is InChI=1S/C8H15NO4/c1-5-6(9(11)12)7(10)13-8(2,3)4/h6H,5H2,1-4H3. The highest BCUT2D eigenvalue weighted by atomic mass is 16.6. The van der Waals surface area contributed by atoms with Gasteiger partial charge in [-0.15, -0.1) is 0 Å². The lowest BCUT2D eigenvalue weighted by atomic mass is 10.2. The van der Waals surface area contributed by atoms with Crippen molar-refractivity contribution in [1.82, 2.24) is 0 Å². The van der Waals surface area contributed by atoms with Gasteiger partial charge in [-0.25, -0.2) is 4.79 Å². The van der Waals surface area contributed by atoms with Crippen LogP contribution in [0.2, 0.25) is 0 Å². The smallest absolute Gasteiger partial charge is 0.382 e. The Morgan fingerprint density at radius 2 is 2.00 bits per heavy atom. The van der Waals surface area contributed by atoms with Gasteiger partial charge in [0.15, 0.2) is 0 Å². The second kappa shape index (κ2) is 4.20. The van der Waals surface area contributed by atoms with Gasteiger partial charge >= 0.3 is 12.0 Å². The molecule has 0 spiro atoms. The summed E-state index contributed by atoms with van der Waals surface area (Å²) >= 11 is 0. The van der Waals surface area contributed by atoms with Crippen LogP contribution in [-0.2, 0) is 9.53 Å². The highest BCUT2D eigenvalue weighted by molar-refractivity contribution is 5.74. The molecule has 0 aliphatic carbocycles. The summed E-state index contributed by atoms with van der Waals surface area (Å²) in [7, 11) is 0. The Hall–Kier alpha value is -1.13. The maximum atomic E-state index is 11.2. The first kappa shape index (κ1) is 11.9. The van der Waals surface area contributed by atoms with Gasteiger partial charge in [0.05, 0.1) is 0 Å². The van der Waals surface area contributed by atoms with E-state index in [0.717, 1.165) is 0 Å². The summed E-state index contributed by atoms with van der Waals surface area (Å²) in [5.74, 6) is -0.764. The summed E-state index contributed by atoms with van der Waals surface area (Å²) in [5.41, 5.74) is -0.666. The van der Waals surface area contributed by atoms with Gasteiger partial charge < -0.3 is 4.74 Å². The Bertz CT molecular complexity index is 207. The van der Waals surface area contributed by atoms with Gasteiger partial charge in [0.1, 0.15) is 5.60 Å². The first-order valence-corrected chi connectivity index (χ1v) is 4.14. The van der Waals surface area contributed by atoms with Crippen molar-refractivity contribution in [3.63, 3.8) is 0 Å². The van der Waals surface area contributed by atoms with Gasteiger partial charge in [0, 0.05) is 11.3 Å². The van der Waals surface area contributed by atoms with Crippen molar-refractivity contribution >= 4 is 5.97 Å². The van der Waals surface area contributed by atoms with Crippen LogP contribution < -0.4 is 0 Å². The number of nitro groups is 1. The summed E-state index contributed by atoms with van der Waals surface area (Å²) in [4.78, 5) is 20.9. The first-order valence-electron chi connectivity index (χ1n) is 4.14. The number of hydrogen-bond acceptors (Lipinski definition) is 4. The molecule has 0 heterocycles. The van der Waals surface area contributed by atoms with Crippen LogP contribution in [0, 0.1) is 10.1 Å². The van der Waals surface area contributed by atoms with Gasteiger partial charge in [-0.05, 0) is 20.8 Å². The lowest BCUT2D eigenvalue weighted by Gasteiger charge is -2.20. The molecule has 0 rings (SSSR count). The number of rotatable bonds is 3. The van der Waals surface area contributed by atoms with Crippen LogP contribution in [0.5, 0.6) is 0 Å². The minimum Gasteiger partial charge on any atom is -0.455 e. The van der Waals surface area contributed by atoms with Crippen LogP contribution in [0.25, 0.3) is 0 Å². The molecule has 0 aromatic rings. The van der Waals surface area contributed by atoms with Crippen LogP contribution in [0.4, 0.5) is 0 Å². The van der Waals surface area contributed by atoms with Crippen molar-refractivity contribution in [2.24, 2.45) is 0 Å². The first-order chi connectivity index (χ1) is 5.78. The van der Waals surface area contributed by atoms with E-state index in [1.807, 2.05) is 0 Å². The highest BCUT2D eigenvalue weighted by Crippen LogP contribution is 2.10. The van der Waals surface area contributed by atoms with Gasteiger partial charge in [-0.3, -0.25) is 10.1 Å². The van der Waals surface area contributed by atoms with E-state index in [0.29, 0.717) is 0 Å². The SMILES string of the molecule is CCC(C(=O)OC(C)(C)C)[N+](=O)[O-]. The Morgan fingerprint density at radius 1 is 1.54 bits per heavy atom. The monoisotopic (exact) mass is 189 g/mol. The average molecular weight is 189 g/mol. The molecule has 1 atom stereocenters. The lowest BCUT2D eigenvalue weighted by molar-refractivity contribution is -0.511. The van der Waals surface area contributed by atoms with Crippen molar-refractivity contribution in [1.29, 1.82) is 0 Å². The molecule has 0 saturated carbocycles. The molecule has 5 heteroatoms. The number of ether oxygens (including phenoxy) is 1. The zero-order valence-corrected chi connectivity index (χ0v) is 8.36. The lowest BCUT2D eigenvalue weighted by Crippen LogP contribution is -2.36. The molecular formula is C8H15NO4. The molecule has 0 fully saturated rings. The molecule has 0 saturated heterocycles. The molecule has 13 heavy (non-hydrogen) atoms. The van der Waals surface area contributed by atoms with Gasteiger partial charge in [-0.1, -0.05) is 6.92 Å². The van der Waals surface area contributed by atoms with E-state index < -0.39 is 22.5 Å². The predicted molar refractivity (Wildman–Crippen MR) is 46.9 cm³/mol. The molecule has 0 aliphatic heterocycles. The molecular weight excluding hydrogens is 174 g/mol. The number of esters is 1. The average Bonchev–Trinajstić information content (AvgIpc) is 1.82. The van der Waals surface area contributed by atoms with Crippen LogP contribution in [0.15, 0.2) is 0 Å². The van der Waals surface area contributed by atoms with Gasteiger partial charge in [0.2, 0.25) is 0 Å². The third-order valence-electron chi connectivity index (χ3n) is 1.32. The zero-order chi connectivity index (χ0) is 10.6. The Labute approximate surface area is 77.2 Å². The highest BCUT2D eigenvalue weighted by Gasteiger charge is 2.32. The maximum Gasteiger partial charge on any atom is 0.382 e. The van der Waals surface area contributed by atoms with Gasteiger partial charge in [-0.2, -0.15) is 0 Å². The van der Waals surface area contributed by atoms with Crippen LogP contribution in [0.3, 0.4) is 0 Å². The number of carbonyl (C=O) groups excluding carboxylic acids is 1. The summed E-state index contributed by atoms with van der Waals surface area (Å²) in [6, 6.07) is -1.24. The van der Waals surface area contributed by atoms with E-state index in [1.165, 1.54) is 0 Å². The Morgan fingerprint density at radius 3 is 2.23 bits per heavy atom. The number of nitrogens with zero attached hydrogens (tertiary/aromatic N) is 1. The van der Waals surface area contributed by atoms with Crippen molar-refractivity contribution in [3.05, 3.63) is 10.1 Å². The fourth-order valence-electron chi connectivity index (χ4n) is 0.772. The van der Waals surface area contributed by atoms with Gasteiger partial charge in [0.25, 0.3) is 0 Å². The molecule has 0 aromatic heterocycles. The third kappa shape index (κ3) is 4.45. The van der Waals surface area contributed by atoms with E-state index in [4.69, 9.17) is 4.74 Å². The molecule has 0 N–H and O–H groups in total. The molecule has 1 unspecified atom stereocenters. The second-order valence-corrected chi connectivity index (χ2v) is 3.74. The Kier molecular flexibility index (Phi) is 3.84. The topological polar surface area (TPSA) is 69.4 Å². The molecule has 0 aromatic carbocycles. The van der Waals surface area contributed by atoms with E-state index in [-0.39, 0.29) is 6.42 Å².